The Hall–Kier alpha value is -4.11. The Bertz CT molecular complexity index is 1560. The maximum Gasteiger partial charge on any atom is 0.303 e. The van der Waals surface area contributed by atoms with E-state index >= 15 is 0 Å². The van der Waals surface area contributed by atoms with Gasteiger partial charge in [0.25, 0.3) is 0 Å². The lowest BCUT2D eigenvalue weighted by Gasteiger charge is -2.23. The maximum atomic E-state index is 12.1. The van der Waals surface area contributed by atoms with E-state index in [1.165, 1.54) is 27.1 Å². The summed E-state index contributed by atoms with van der Waals surface area (Å²) in [5, 5.41) is 3.46. The van der Waals surface area contributed by atoms with Gasteiger partial charge in [-0.3, -0.25) is 19.0 Å². The largest absolute Gasteiger partial charge is 0.463 e. The standard InChI is InChI=1S/C30H30IN5O7/c1-17(37)40-15-23-25(41-18(2)38)26(42-19(3)39)29(43-23)36-16-33-24-27(34-30(31)35-28(24)36)32-14-22(20-10-6-4-7-11-20)21-12-8-5-9-13-21/h4-13,16,22-23,25-26,29H,14-15H2,1-3H3,(H,32,34,35)/t23-,25+,26+,29+/m0/s1. The van der Waals surface area contributed by atoms with Crippen molar-refractivity contribution in [3.63, 3.8) is 0 Å². The average molecular weight is 700 g/mol. The molecule has 4 aromatic rings. The Morgan fingerprint density at radius 2 is 1.51 bits per heavy atom. The van der Waals surface area contributed by atoms with E-state index in [9.17, 15) is 14.4 Å². The van der Waals surface area contributed by atoms with Crippen LogP contribution in [-0.2, 0) is 33.3 Å². The van der Waals surface area contributed by atoms with E-state index in [-0.39, 0.29) is 12.5 Å². The summed E-state index contributed by atoms with van der Waals surface area (Å²) in [6.45, 7) is 4.05. The molecule has 1 N–H and O–H groups in total. The number of anilines is 1. The van der Waals surface area contributed by atoms with Gasteiger partial charge in [-0.25, -0.2) is 15.0 Å². The fourth-order valence-electron chi connectivity index (χ4n) is 5.11. The molecule has 0 saturated carbocycles. The molecule has 1 aliphatic heterocycles. The van der Waals surface area contributed by atoms with Gasteiger partial charge in [0.2, 0.25) is 0 Å². The van der Waals surface area contributed by atoms with Gasteiger partial charge >= 0.3 is 17.9 Å². The van der Waals surface area contributed by atoms with Crippen LogP contribution >= 0.6 is 22.6 Å². The highest BCUT2D eigenvalue weighted by molar-refractivity contribution is 14.1. The molecule has 2 aromatic heterocycles. The van der Waals surface area contributed by atoms with Crippen molar-refractivity contribution in [2.75, 3.05) is 18.5 Å². The molecular weight excluding hydrogens is 669 g/mol. The monoisotopic (exact) mass is 699 g/mol. The summed E-state index contributed by atoms with van der Waals surface area (Å²) in [5.41, 5.74) is 3.17. The maximum absolute atomic E-state index is 12.1. The summed E-state index contributed by atoms with van der Waals surface area (Å²) in [6, 6.07) is 20.4. The Morgan fingerprint density at radius 1 is 0.907 bits per heavy atom. The van der Waals surface area contributed by atoms with Crippen molar-refractivity contribution in [1.29, 1.82) is 0 Å². The molecule has 3 heterocycles. The number of imidazole rings is 1. The van der Waals surface area contributed by atoms with E-state index in [1.807, 2.05) is 59.0 Å². The molecule has 1 saturated heterocycles. The van der Waals surface area contributed by atoms with Crippen molar-refractivity contribution in [1.82, 2.24) is 19.5 Å². The van der Waals surface area contributed by atoms with E-state index in [0.29, 0.717) is 27.4 Å². The number of hydrogen-bond acceptors (Lipinski definition) is 11. The molecule has 224 valence electrons. The summed E-state index contributed by atoms with van der Waals surface area (Å²) >= 11 is 2.02. The number of benzene rings is 2. The molecule has 13 heteroatoms. The summed E-state index contributed by atoms with van der Waals surface area (Å²) in [6.07, 6.45) is -2.50. The number of halogens is 1. The summed E-state index contributed by atoms with van der Waals surface area (Å²) < 4.78 is 24.5. The van der Waals surface area contributed by atoms with Crippen molar-refractivity contribution in [3.05, 3.63) is 81.9 Å². The van der Waals surface area contributed by atoms with Crippen LogP contribution < -0.4 is 5.32 Å². The van der Waals surface area contributed by atoms with Gasteiger partial charge in [0.05, 0.1) is 6.33 Å². The highest BCUT2D eigenvalue weighted by Gasteiger charge is 2.51. The number of nitrogens with zero attached hydrogens (tertiary/aromatic N) is 4. The summed E-state index contributed by atoms with van der Waals surface area (Å²) in [5.74, 6) is -1.20. The van der Waals surface area contributed by atoms with Crippen LogP contribution in [0.5, 0.6) is 0 Å². The highest BCUT2D eigenvalue weighted by Crippen LogP contribution is 2.37. The molecule has 12 nitrogen and oxygen atoms in total. The van der Waals surface area contributed by atoms with Crippen LogP contribution in [-0.4, -0.2) is 68.9 Å². The van der Waals surface area contributed by atoms with E-state index in [1.54, 1.807) is 4.57 Å². The summed E-state index contributed by atoms with van der Waals surface area (Å²) in [7, 11) is 0. The quantitative estimate of drug-likeness (QED) is 0.111. The molecule has 0 bridgehead atoms. The van der Waals surface area contributed by atoms with Crippen molar-refractivity contribution in [2.45, 2.75) is 51.2 Å². The van der Waals surface area contributed by atoms with Gasteiger partial charge in [-0.1, -0.05) is 60.7 Å². The zero-order valence-electron chi connectivity index (χ0n) is 23.7. The van der Waals surface area contributed by atoms with Crippen LogP contribution in [0.3, 0.4) is 0 Å². The van der Waals surface area contributed by atoms with Crippen molar-refractivity contribution < 1.29 is 33.3 Å². The molecule has 0 aliphatic carbocycles. The van der Waals surface area contributed by atoms with Gasteiger partial charge in [0.15, 0.2) is 39.2 Å². The number of aromatic nitrogens is 4. The lowest BCUT2D eigenvalue weighted by atomic mass is 9.91. The van der Waals surface area contributed by atoms with Crippen LogP contribution in [0, 0.1) is 3.83 Å². The van der Waals surface area contributed by atoms with E-state index in [4.69, 9.17) is 18.9 Å². The molecule has 0 spiro atoms. The molecule has 43 heavy (non-hydrogen) atoms. The zero-order valence-corrected chi connectivity index (χ0v) is 25.8. The second-order valence-electron chi connectivity index (χ2n) is 9.94. The summed E-state index contributed by atoms with van der Waals surface area (Å²) in [4.78, 5) is 49.4. The molecule has 0 radical (unpaired) electrons. The van der Waals surface area contributed by atoms with Gasteiger partial charge in [0, 0.05) is 55.8 Å². The molecule has 0 unspecified atom stereocenters. The van der Waals surface area contributed by atoms with Gasteiger partial charge in [-0.2, -0.15) is 0 Å². The Kier molecular flexibility index (Phi) is 9.50. The van der Waals surface area contributed by atoms with Gasteiger partial charge in [-0.15, -0.1) is 0 Å². The first-order chi connectivity index (χ1) is 20.7. The number of carbonyl (C=O) groups excluding carboxylic acids is 3. The Labute approximate surface area is 261 Å². The van der Waals surface area contributed by atoms with Crippen molar-refractivity contribution in [3.8, 4) is 0 Å². The molecule has 0 amide bonds. The van der Waals surface area contributed by atoms with E-state index < -0.39 is 42.4 Å². The van der Waals surface area contributed by atoms with E-state index in [0.717, 1.165) is 11.1 Å². The van der Waals surface area contributed by atoms with Crippen molar-refractivity contribution >= 4 is 57.5 Å². The SMILES string of the molecule is CC(=O)OC[C@@H]1O[C@@H](n2cnc3c(NCC(c4ccccc4)c4ccccc4)nc(I)nc32)[C@H](OC(C)=O)[C@@H]1OC(C)=O. The Balaban J connectivity index is 1.49. The number of nitrogens with one attached hydrogen (secondary N) is 1. The topological polar surface area (TPSA) is 144 Å². The van der Waals surface area contributed by atoms with Gasteiger partial charge in [0.1, 0.15) is 12.7 Å². The lowest BCUT2D eigenvalue weighted by molar-refractivity contribution is -0.166. The highest BCUT2D eigenvalue weighted by atomic mass is 127. The predicted molar refractivity (Wildman–Crippen MR) is 163 cm³/mol. The number of rotatable bonds is 10. The van der Waals surface area contributed by atoms with Crippen LogP contribution in [0.4, 0.5) is 5.82 Å². The number of ether oxygens (including phenoxy) is 4. The second-order valence-corrected chi connectivity index (χ2v) is 10.9. The first-order valence-electron chi connectivity index (χ1n) is 13.6. The molecule has 2 aromatic carbocycles. The third kappa shape index (κ3) is 7.10. The second kappa shape index (κ2) is 13.5. The number of esters is 3. The predicted octanol–water partition coefficient (Wildman–Crippen LogP) is 4.00. The third-order valence-corrected chi connectivity index (χ3v) is 7.37. The zero-order chi connectivity index (χ0) is 30.5. The van der Waals surface area contributed by atoms with Crippen LogP contribution in [0.15, 0.2) is 67.0 Å². The average Bonchev–Trinajstić information content (AvgIpc) is 3.53. The molecule has 5 rings (SSSR count). The van der Waals surface area contributed by atoms with Crippen molar-refractivity contribution in [2.24, 2.45) is 0 Å². The van der Waals surface area contributed by atoms with E-state index in [2.05, 4.69) is 44.5 Å². The lowest BCUT2D eigenvalue weighted by Crippen LogP contribution is -2.40. The number of fused-ring (bicyclic) bond motifs is 1. The van der Waals surface area contributed by atoms with Gasteiger partial charge in [-0.05, 0) is 11.1 Å². The molecular formula is C30H30IN5O7. The third-order valence-electron chi connectivity index (χ3n) is 6.89. The fraction of sp³-hybridized carbons (Fsp3) is 0.333. The fourth-order valence-corrected chi connectivity index (χ4v) is 5.58. The number of hydrogen-bond donors (Lipinski definition) is 1. The van der Waals surface area contributed by atoms with Crippen LogP contribution in [0.25, 0.3) is 11.2 Å². The molecule has 4 atom stereocenters. The van der Waals surface area contributed by atoms with Crippen LogP contribution in [0.2, 0.25) is 0 Å². The Morgan fingerprint density at radius 3 is 2.09 bits per heavy atom. The number of carbonyl (C=O) groups is 3. The minimum Gasteiger partial charge on any atom is -0.463 e. The normalized spacial score (nSPS) is 19.7. The minimum atomic E-state index is -1.07. The van der Waals surface area contributed by atoms with Gasteiger partial charge < -0.3 is 24.3 Å². The first kappa shape index (κ1) is 30.4. The minimum absolute atomic E-state index is 0.0326. The molecule has 1 aliphatic rings. The smallest absolute Gasteiger partial charge is 0.303 e. The first-order valence-corrected chi connectivity index (χ1v) is 14.7. The van der Waals surface area contributed by atoms with Crippen LogP contribution in [0.1, 0.15) is 44.0 Å². The molecule has 1 fully saturated rings.